The van der Waals surface area contributed by atoms with Crippen molar-refractivity contribution in [3.05, 3.63) is 21.9 Å². The summed E-state index contributed by atoms with van der Waals surface area (Å²) in [5.74, 6) is 3.36. The van der Waals surface area contributed by atoms with E-state index in [9.17, 15) is 0 Å². The number of thiophene rings is 1. The van der Waals surface area contributed by atoms with E-state index in [1.165, 1.54) is 27.7 Å². The smallest absolute Gasteiger partial charge is 0.191 e. The monoisotopic (exact) mass is 524 g/mol. The molecule has 1 aromatic rings. The minimum absolute atomic E-state index is 0. The van der Waals surface area contributed by atoms with Crippen LogP contribution in [0.25, 0.3) is 0 Å². The van der Waals surface area contributed by atoms with Gasteiger partial charge in [-0.1, -0.05) is 0 Å². The number of halogens is 1. The molecule has 3 rings (SSSR count). The summed E-state index contributed by atoms with van der Waals surface area (Å²) in [5.41, 5.74) is 0.236. The molecule has 0 aromatic carbocycles. The number of hydrogen-bond donors (Lipinski definition) is 2. The lowest BCUT2D eigenvalue weighted by Crippen LogP contribution is -2.60. The van der Waals surface area contributed by atoms with Gasteiger partial charge in [0.15, 0.2) is 5.96 Å². The molecule has 2 saturated heterocycles. The van der Waals surface area contributed by atoms with Gasteiger partial charge in [-0.15, -0.1) is 35.3 Å². The molecule has 0 aliphatic carbocycles. The summed E-state index contributed by atoms with van der Waals surface area (Å²) in [7, 11) is 1.86. The molecule has 1 aromatic heterocycles. The maximum atomic E-state index is 5.56. The van der Waals surface area contributed by atoms with E-state index in [2.05, 4.69) is 58.3 Å². The van der Waals surface area contributed by atoms with Crippen molar-refractivity contribution >= 4 is 53.0 Å². The summed E-state index contributed by atoms with van der Waals surface area (Å²) in [6, 6.07) is 4.79. The van der Waals surface area contributed by atoms with E-state index < -0.39 is 0 Å². The molecule has 27 heavy (non-hydrogen) atoms. The van der Waals surface area contributed by atoms with Crippen molar-refractivity contribution in [3.8, 4) is 0 Å². The summed E-state index contributed by atoms with van der Waals surface area (Å²) in [6.45, 7) is 9.14. The summed E-state index contributed by atoms with van der Waals surface area (Å²) >= 11 is 3.95. The average molecular weight is 525 g/mol. The minimum atomic E-state index is 0. The van der Waals surface area contributed by atoms with Crippen LogP contribution in [0.4, 0.5) is 0 Å². The van der Waals surface area contributed by atoms with Crippen molar-refractivity contribution in [2.45, 2.75) is 38.3 Å². The van der Waals surface area contributed by atoms with Crippen LogP contribution in [0.2, 0.25) is 0 Å². The lowest BCUT2D eigenvalue weighted by molar-refractivity contribution is -0.0120. The zero-order valence-corrected chi connectivity index (χ0v) is 20.6. The van der Waals surface area contributed by atoms with E-state index in [1.807, 2.05) is 18.4 Å². The number of guanidine groups is 1. The number of nitrogens with zero attached hydrogens (tertiary/aromatic N) is 2. The second kappa shape index (κ2) is 11.2. The Kier molecular flexibility index (Phi) is 9.67. The number of morpholine rings is 1. The van der Waals surface area contributed by atoms with Gasteiger partial charge in [-0.25, -0.2) is 0 Å². The molecule has 154 valence electrons. The first kappa shape index (κ1) is 23.3. The van der Waals surface area contributed by atoms with Crippen LogP contribution >= 0.6 is 47.1 Å². The molecule has 0 saturated carbocycles. The molecule has 0 bridgehead atoms. The van der Waals surface area contributed by atoms with E-state index in [1.54, 1.807) is 0 Å². The second-order valence-electron chi connectivity index (χ2n) is 7.31. The predicted molar refractivity (Wildman–Crippen MR) is 129 cm³/mol. The first-order valence-electron chi connectivity index (χ1n) is 9.54. The Balaban J connectivity index is 0.00000261. The Morgan fingerprint density at radius 2 is 2.15 bits per heavy atom. The van der Waals surface area contributed by atoms with Gasteiger partial charge in [-0.05, 0) is 38.2 Å². The number of rotatable bonds is 6. The molecule has 2 aliphatic rings. The third-order valence-corrected chi connectivity index (χ3v) is 7.52. The second-order valence-corrected chi connectivity index (χ2v) is 9.79. The Morgan fingerprint density at radius 1 is 1.37 bits per heavy atom. The van der Waals surface area contributed by atoms with E-state index in [-0.39, 0.29) is 29.5 Å². The molecule has 0 radical (unpaired) electrons. The topological polar surface area (TPSA) is 48.9 Å². The van der Waals surface area contributed by atoms with Gasteiger partial charge in [0.1, 0.15) is 0 Å². The molecular formula is C19H33IN4OS2. The highest BCUT2D eigenvalue weighted by molar-refractivity contribution is 14.0. The minimum Gasteiger partial charge on any atom is -0.379 e. The summed E-state index contributed by atoms with van der Waals surface area (Å²) in [5, 5.41) is 7.18. The fourth-order valence-corrected chi connectivity index (χ4v) is 6.26. The molecular weight excluding hydrogens is 491 g/mol. The van der Waals surface area contributed by atoms with Gasteiger partial charge < -0.3 is 15.4 Å². The molecule has 2 aliphatic heterocycles. The van der Waals surface area contributed by atoms with Crippen molar-refractivity contribution < 1.29 is 4.74 Å². The Hall–Kier alpha value is -0.0300. The zero-order chi connectivity index (χ0) is 18.4. The summed E-state index contributed by atoms with van der Waals surface area (Å²) in [6.07, 6.45) is 2.27. The third kappa shape index (κ3) is 6.48. The number of aliphatic imine (C=N–C) groups is 1. The fraction of sp³-hybridized carbons (Fsp3) is 0.737. The van der Waals surface area contributed by atoms with Crippen LogP contribution in [0.5, 0.6) is 0 Å². The van der Waals surface area contributed by atoms with E-state index in [0.29, 0.717) is 6.04 Å². The molecule has 8 heteroatoms. The number of nitrogens with one attached hydrogen (secondary N) is 2. The SMILES string of the molecule is CN=C(NCC1(N2CCOCC2)CCSC1)NC(C)Cc1ccc(C)s1.I. The average Bonchev–Trinajstić information content (AvgIpc) is 3.29. The zero-order valence-electron chi connectivity index (χ0n) is 16.6. The number of ether oxygens (including phenoxy) is 1. The maximum Gasteiger partial charge on any atom is 0.191 e. The largest absolute Gasteiger partial charge is 0.379 e. The number of hydrogen-bond acceptors (Lipinski definition) is 5. The Morgan fingerprint density at radius 3 is 2.74 bits per heavy atom. The number of aryl methyl sites for hydroxylation is 1. The first-order valence-corrected chi connectivity index (χ1v) is 11.5. The van der Waals surface area contributed by atoms with Gasteiger partial charge in [0, 0.05) is 60.2 Å². The molecule has 2 atom stereocenters. The fourth-order valence-electron chi connectivity index (χ4n) is 3.76. The highest BCUT2D eigenvalue weighted by atomic mass is 127. The molecule has 3 heterocycles. The van der Waals surface area contributed by atoms with Crippen molar-refractivity contribution in [1.29, 1.82) is 0 Å². The molecule has 2 N–H and O–H groups in total. The van der Waals surface area contributed by atoms with Gasteiger partial charge in [0.2, 0.25) is 0 Å². The van der Waals surface area contributed by atoms with Gasteiger partial charge >= 0.3 is 0 Å². The lowest BCUT2D eigenvalue weighted by atomic mass is 9.95. The van der Waals surface area contributed by atoms with Crippen LogP contribution in [-0.2, 0) is 11.2 Å². The van der Waals surface area contributed by atoms with Crippen LogP contribution in [-0.4, -0.2) is 73.8 Å². The van der Waals surface area contributed by atoms with E-state index in [4.69, 9.17) is 4.74 Å². The van der Waals surface area contributed by atoms with Gasteiger partial charge in [0.05, 0.1) is 13.2 Å². The molecule has 2 unspecified atom stereocenters. The van der Waals surface area contributed by atoms with Crippen LogP contribution in [0.1, 0.15) is 23.1 Å². The Labute approximate surface area is 189 Å². The van der Waals surface area contributed by atoms with Gasteiger partial charge in [-0.2, -0.15) is 11.8 Å². The lowest BCUT2D eigenvalue weighted by Gasteiger charge is -2.43. The summed E-state index contributed by atoms with van der Waals surface area (Å²) < 4.78 is 5.56. The van der Waals surface area contributed by atoms with Crippen molar-refractivity contribution in [2.24, 2.45) is 4.99 Å². The van der Waals surface area contributed by atoms with Crippen molar-refractivity contribution in [2.75, 3.05) is 51.4 Å². The highest BCUT2D eigenvalue weighted by Crippen LogP contribution is 2.33. The molecule has 0 amide bonds. The first-order chi connectivity index (χ1) is 12.6. The predicted octanol–water partition coefficient (Wildman–Crippen LogP) is 2.98. The van der Waals surface area contributed by atoms with E-state index in [0.717, 1.165) is 45.2 Å². The van der Waals surface area contributed by atoms with Crippen LogP contribution in [0.15, 0.2) is 17.1 Å². The quantitative estimate of drug-likeness (QED) is 0.341. The van der Waals surface area contributed by atoms with Crippen molar-refractivity contribution in [1.82, 2.24) is 15.5 Å². The normalized spacial score (nSPS) is 25.1. The highest BCUT2D eigenvalue weighted by Gasteiger charge is 2.40. The van der Waals surface area contributed by atoms with Gasteiger partial charge in [0.25, 0.3) is 0 Å². The molecule has 0 spiro atoms. The van der Waals surface area contributed by atoms with Crippen LogP contribution in [0.3, 0.4) is 0 Å². The standard InChI is InChI=1S/C19H32N4OS2.HI/c1-15(12-17-5-4-16(2)26-17)22-18(20-3)21-13-19(6-11-25-14-19)23-7-9-24-10-8-23;/h4-5,15H,6-14H2,1-3H3,(H2,20,21,22);1H. The molecule has 5 nitrogen and oxygen atoms in total. The molecule has 2 fully saturated rings. The van der Waals surface area contributed by atoms with E-state index >= 15 is 0 Å². The summed E-state index contributed by atoms with van der Waals surface area (Å²) in [4.78, 5) is 9.90. The Bertz CT molecular complexity index is 598. The van der Waals surface area contributed by atoms with Gasteiger partial charge in [-0.3, -0.25) is 9.89 Å². The maximum absolute atomic E-state index is 5.56. The number of thioether (sulfide) groups is 1. The van der Waals surface area contributed by atoms with Crippen LogP contribution in [0, 0.1) is 6.92 Å². The van der Waals surface area contributed by atoms with Crippen molar-refractivity contribution in [3.63, 3.8) is 0 Å². The van der Waals surface area contributed by atoms with Crippen LogP contribution < -0.4 is 10.6 Å². The third-order valence-electron chi connectivity index (χ3n) is 5.26.